The summed E-state index contributed by atoms with van der Waals surface area (Å²) in [7, 11) is 1.39. The summed E-state index contributed by atoms with van der Waals surface area (Å²) in [6.07, 6.45) is -0.252. The van der Waals surface area contributed by atoms with Crippen molar-refractivity contribution in [3.8, 4) is 5.75 Å². The summed E-state index contributed by atoms with van der Waals surface area (Å²) < 4.78 is 5.08. The van der Waals surface area contributed by atoms with Crippen LogP contribution in [0.1, 0.15) is 30.6 Å². The number of benzene rings is 1. The lowest BCUT2D eigenvalue weighted by Gasteiger charge is -2.38. The average molecular weight is 531 g/mol. The summed E-state index contributed by atoms with van der Waals surface area (Å²) in [4.78, 5) is 62.6. The number of carbonyl (C=O) groups is 5. The summed E-state index contributed by atoms with van der Waals surface area (Å²) in [6, 6.07) is -0.491. The number of halogens is 2. The van der Waals surface area contributed by atoms with Gasteiger partial charge in [-0.2, -0.15) is 0 Å². The van der Waals surface area contributed by atoms with E-state index in [4.69, 9.17) is 33.0 Å². The number of hydrogen-bond acceptors (Lipinski definition) is 7. The van der Waals surface area contributed by atoms with Crippen molar-refractivity contribution in [3.63, 3.8) is 0 Å². The molecule has 3 atom stereocenters. The number of nitrogens with zero attached hydrogens (tertiary/aromatic N) is 1. The summed E-state index contributed by atoms with van der Waals surface area (Å²) in [5, 5.41) is 17.2. The Balaban J connectivity index is 2.22. The predicted molar refractivity (Wildman–Crippen MR) is 128 cm³/mol. The van der Waals surface area contributed by atoms with Crippen molar-refractivity contribution < 1.29 is 33.8 Å². The highest BCUT2D eigenvalue weighted by Gasteiger charge is 2.38. The molecule has 0 saturated carbocycles. The lowest BCUT2D eigenvalue weighted by atomic mass is 10.00. The number of rotatable bonds is 10. The van der Waals surface area contributed by atoms with Crippen molar-refractivity contribution in [1.82, 2.24) is 20.9 Å². The quantitative estimate of drug-likeness (QED) is 0.322. The molecule has 1 fully saturated rings. The Hall–Kier alpha value is -2.89. The maximum atomic E-state index is 13.5. The fourth-order valence-electron chi connectivity index (χ4n) is 3.61. The molecule has 0 aromatic heterocycles. The third-order valence-corrected chi connectivity index (χ3v) is 5.96. The van der Waals surface area contributed by atoms with Gasteiger partial charge in [-0.3, -0.25) is 19.2 Å². The Morgan fingerprint density at radius 3 is 2.37 bits per heavy atom. The van der Waals surface area contributed by atoms with E-state index >= 15 is 0 Å². The van der Waals surface area contributed by atoms with Crippen LogP contribution in [0.5, 0.6) is 5.75 Å². The zero-order valence-corrected chi connectivity index (χ0v) is 21.0. The molecule has 1 saturated heterocycles. The molecule has 0 aliphatic carbocycles. The molecule has 35 heavy (non-hydrogen) atoms. The first-order valence-corrected chi connectivity index (χ1v) is 11.6. The van der Waals surface area contributed by atoms with E-state index < -0.39 is 48.2 Å². The van der Waals surface area contributed by atoms with E-state index in [2.05, 4.69) is 16.0 Å². The Labute approximate surface area is 212 Å². The second-order valence-corrected chi connectivity index (χ2v) is 9.08. The number of aliphatic carboxylic acids is 1. The Bertz CT molecular complexity index is 966. The minimum absolute atomic E-state index is 0.0959. The van der Waals surface area contributed by atoms with Crippen LogP contribution in [0.15, 0.2) is 12.1 Å². The van der Waals surface area contributed by atoms with Crippen LogP contribution in [-0.4, -0.2) is 84.9 Å². The number of ether oxygens (including phenoxy) is 1. The molecule has 1 heterocycles. The van der Waals surface area contributed by atoms with Crippen LogP contribution in [0.4, 0.5) is 0 Å². The Kier molecular flexibility index (Phi) is 10.3. The second kappa shape index (κ2) is 12.7. The summed E-state index contributed by atoms with van der Waals surface area (Å²) in [5.41, 5.74) is 0.122. The maximum Gasteiger partial charge on any atom is 0.305 e. The molecule has 0 radical (unpaired) electrons. The minimum Gasteiger partial charge on any atom is -0.494 e. The number of hydrogen-bond donors (Lipinski definition) is 4. The van der Waals surface area contributed by atoms with Gasteiger partial charge in [0.2, 0.25) is 11.8 Å². The van der Waals surface area contributed by atoms with Crippen LogP contribution in [0, 0.1) is 5.92 Å². The molecule has 13 heteroatoms. The molecule has 4 N–H and O–H groups in total. The van der Waals surface area contributed by atoms with Gasteiger partial charge in [-0.25, -0.2) is 0 Å². The van der Waals surface area contributed by atoms with E-state index in [1.165, 1.54) is 24.1 Å². The van der Waals surface area contributed by atoms with E-state index in [1.54, 1.807) is 13.8 Å². The number of amides is 3. The molecule has 1 aliphatic heterocycles. The lowest BCUT2D eigenvalue weighted by Crippen LogP contribution is -2.64. The highest BCUT2D eigenvalue weighted by Crippen LogP contribution is 2.33. The lowest BCUT2D eigenvalue weighted by molar-refractivity contribution is -0.145. The van der Waals surface area contributed by atoms with E-state index in [0.717, 1.165) is 0 Å². The highest BCUT2D eigenvalue weighted by molar-refractivity contribution is 6.37. The normalized spacial score (nSPS) is 17.3. The molecule has 1 aromatic carbocycles. The molecule has 1 aromatic rings. The molecule has 2 unspecified atom stereocenters. The smallest absolute Gasteiger partial charge is 0.305 e. The number of piperazine rings is 1. The van der Waals surface area contributed by atoms with Crippen LogP contribution in [-0.2, 0) is 19.2 Å². The van der Waals surface area contributed by atoms with Gasteiger partial charge in [0.15, 0.2) is 5.75 Å². The molecule has 11 nitrogen and oxygen atoms in total. The number of methoxy groups -OCH3 is 1. The van der Waals surface area contributed by atoms with Crippen LogP contribution in [0.2, 0.25) is 10.0 Å². The molecular formula is C22H28Cl2N4O7. The van der Waals surface area contributed by atoms with Crippen LogP contribution >= 0.6 is 23.2 Å². The first-order chi connectivity index (χ1) is 16.5. The van der Waals surface area contributed by atoms with Gasteiger partial charge in [-0.1, -0.05) is 37.0 Å². The van der Waals surface area contributed by atoms with Crippen molar-refractivity contribution in [2.45, 2.75) is 38.4 Å². The van der Waals surface area contributed by atoms with Gasteiger partial charge in [0.05, 0.1) is 29.6 Å². The molecule has 2 rings (SSSR count). The van der Waals surface area contributed by atoms with Crippen molar-refractivity contribution in [3.05, 3.63) is 27.7 Å². The minimum atomic E-state index is -1.25. The van der Waals surface area contributed by atoms with Crippen molar-refractivity contribution >= 4 is 53.2 Å². The van der Waals surface area contributed by atoms with Gasteiger partial charge in [0.25, 0.3) is 5.91 Å². The average Bonchev–Trinajstić information content (AvgIpc) is 2.80. The standard InChI is InChI=1S/C22H28Cl2N4O7/c1-11(2)18(27-20(32)12-6-14(23)19(35-3)15(24)7-12)22(34)28-5-4-25-9-16(28)21(33)26-13(10-29)8-17(30)31/h6-7,10-11,13,16,18,25H,4-5,8-9H2,1-3H3,(H,26,33)(H,27,32)(H,30,31)/t13?,16-,18?/m0/s1. The number of carboxylic acids is 1. The first kappa shape index (κ1) is 28.3. The van der Waals surface area contributed by atoms with E-state index in [1.807, 2.05) is 0 Å². The van der Waals surface area contributed by atoms with Gasteiger partial charge >= 0.3 is 5.97 Å². The summed E-state index contributed by atoms with van der Waals surface area (Å²) >= 11 is 12.2. The third kappa shape index (κ3) is 7.30. The van der Waals surface area contributed by atoms with Gasteiger partial charge in [0, 0.05) is 25.2 Å². The predicted octanol–water partition coefficient (Wildman–Crippen LogP) is 0.715. The fourth-order valence-corrected chi connectivity index (χ4v) is 4.25. The molecule has 1 aliphatic rings. The number of carboxylic acid groups (broad SMARTS) is 1. The topological polar surface area (TPSA) is 154 Å². The summed E-state index contributed by atoms with van der Waals surface area (Å²) in [6.45, 7) is 4.15. The fraction of sp³-hybridized carbons (Fsp3) is 0.500. The third-order valence-electron chi connectivity index (χ3n) is 5.40. The monoisotopic (exact) mass is 530 g/mol. The van der Waals surface area contributed by atoms with Gasteiger partial charge in [0.1, 0.15) is 18.4 Å². The highest BCUT2D eigenvalue weighted by atomic mass is 35.5. The number of carbonyl (C=O) groups excluding carboxylic acids is 4. The van der Waals surface area contributed by atoms with E-state index in [0.29, 0.717) is 12.8 Å². The van der Waals surface area contributed by atoms with Crippen molar-refractivity contribution in [2.75, 3.05) is 26.7 Å². The Morgan fingerprint density at radius 2 is 1.86 bits per heavy atom. The van der Waals surface area contributed by atoms with Crippen molar-refractivity contribution in [2.24, 2.45) is 5.92 Å². The van der Waals surface area contributed by atoms with Crippen molar-refractivity contribution in [1.29, 1.82) is 0 Å². The first-order valence-electron chi connectivity index (χ1n) is 10.8. The SMILES string of the molecule is COc1c(Cl)cc(C(=O)NC(C(=O)N2CCNC[C@H]2C(=O)NC(C=O)CC(=O)O)C(C)C)cc1Cl. The zero-order chi connectivity index (χ0) is 26.3. The van der Waals surface area contributed by atoms with Crippen LogP contribution in [0.25, 0.3) is 0 Å². The van der Waals surface area contributed by atoms with Crippen LogP contribution < -0.4 is 20.7 Å². The molecule has 0 bridgehead atoms. The molecule has 3 amide bonds. The Morgan fingerprint density at radius 1 is 1.23 bits per heavy atom. The molecule has 192 valence electrons. The second-order valence-electron chi connectivity index (χ2n) is 8.27. The number of nitrogens with one attached hydrogen (secondary N) is 3. The molecular weight excluding hydrogens is 503 g/mol. The summed E-state index contributed by atoms with van der Waals surface area (Å²) in [5.74, 6) is -3.15. The maximum absolute atomic E-state index is 13.5. The zero-order valence-electron chi connectivity index (χ0n) is 19.5. The molecule has 0 spiro atoms. The van der Waals surface area contributed by atoms with Gasteiger partial charge < -0.3 is 35.5 Å². The van der Waals surface area contributed by atoms with Gasteiger partial charge in [-0.05, 0) is 18.1 Å². The van der Waals surface area contributed by atoms with Gasteiger partial charge in [-0.15, -0.1) is 0 Å². The van der Waals surface area contributed by atoms with Crippen LogP contribution in [0.3, 0.4) is 0 Å². The largest absolute Gasteiger partial charge is 0.494 e. The number of aldehydes is 1. The van der Waals surface area contributed by atoms with E-state index in [-0.39, 0.29) is 40.4 Å². The van der Waals surface area contributed by atoms with E-state index in [9.17, 15) is 24.0 Å².